The van der Waals surface area contributed by atoms with E-state index in [1.165, 1.54) is 6.20 Å². The van der Waals surface area contributed by atoms with Crippen LogP contribution in [0.4, 0.5) is 5.69 Å². The molecule has 0 saturated carbocycles. The topological polar surface area (TPSA) is 49.3 Å². The second kappa shape index (κ2) is 7.09. The number of rotatable bonds is 2. The van der Waals surface area contributed by atoms with Crippen molar-refractivity contribution in [3.8, 4) is 0 Å². The van der Waals surface area contributed by atoms with E-state index in [2.05, 4.69) is 14.9 Å². The first-order chi connectivity index (χ1) is 12.6. The third kappa shape index (κ3) is 3.32. The van der Waals surface area contributed by atoms with Gasteiger partial charge in [-0.1, -0.05) is 23.2 Å². The number of nitrogens with zero attached hydrogens (tertiary/aromatic N) is 4. The van der Waals surface area contributed by atoms with Crippen LogP contribution in [0.5, 0.6) is 0 Å². The predicted molar refractivity (Wildman–Crippen MR) is 104 cm³/mol. The summed E-state index contributed by atoms with van der Waals surface area (Å²) in [6, 6.07) is 11.1. The molecule has 132 valence electrons. The van der Waals surface area contributed by atoms with Crippen LogP contribution in [0.2, 0.25) is 10.0 Å². The summed E-state index contributed by atoms with van der Waals surface area (Å²) in [5, 5.41) is 2.26. The van der Waals surface area contributed by atoms with Crippen molar-refractivity contribution in [3.05, 3.63) is 64.5 Å². The number of carbonyl (C=O) groups is 1. The quantitative estimate of drug-likeness (QED) is 0.669. The highest BCUT2D eigenvalue weighted by molar-refractivity contribution is 6.31. The van der Waals surface area contributed by atoms with Crippen molar-refractivity contribution in [1.29, 1.82) is 0 Å². The monoisotopic (exact) mass is 386 g/mol. The first-order valence-electron chi connectivity index (χ1n) is 8.32. The molecule has 3 aromatic rings. The molecule has 7 heteroatoms. The summed E-state index contributed by atoms with van der Waals surface area (Å²) in [5.41, 5.74) is 2.41. The van der Waals surface area contributed by atoms with Crippen LogP contribution in [0.3, 0.4) is 0 Å². The Labute approximate surface area is 161 Å². The lowest BCUT2D eigenvalue weighted by molar-refractivity contribution is 0.0741. The molecule has 1 saturated heterocycles. The number of benzene rings is 1. The molecule has 0 bridgehead atoms. The standard InChI is InChI=1S/C19H16Cl2N4O/c20-13-1-3-15-17(11-13)22-6-5-18(15)24-7-9-25(10-8-24)19(26)16-4-2-14(21)12-23-16/h1-6,11-12H,7-10H2. The van der Waals surface area contributed by atoms with Gasteiger partial charge in [0.05, 0.1) is 10.5 Å². The van der Waals surface area contributed by atoms with E-state index < -0.39 is 0 Å². The Bertz CT molecular complexity index is 953. The smallest absolute Gasteiger partial charge is 0.272 e. The van der Waals surface area contributed by atoms with Crippen molar-refractivity contribution in [2.45, 2.75) is 0 Å². The molecule has 1 aliphatic heterocycles. The highest BCUT2D eigenvalue weighted by Gasteiger charge is 2.24. The molecule has 0 unspecified atom stereocenters. The predicted octanol–water partition coefficient (Wildman–Crippen LogP) is 3.90. The first kappa shape index (κ1) is 17.1. The third-order valence-electron chi connectivity index (χ3n) is 4.54. The Hall–Kier alpha value is -2.37. The van der Waals surface area contributed by atoms with Gasteiger partial charge in [-0.05, 0) is 36.4 Å². The van der Waals surface area contributed by atoms with Gasteiger partial charge in [0.1, 0.15) is 5.69 Å². The summed E-state index contributed by atoms with van der Waals surface area (Å²) in [4.78, 5) is 25.2. The van der Waals surface area contributed by atoms with E-state index in [1.54, 1.807) is 18.3 Å². The fourth-order valence-electron chi connectivity index (χ4n) is 3.20. The Morgan fingerprint density at radius 1 is 0.923 bits per heavy atom. The molecular formula is C19H16Cl2N4O. The number of hydrogen-bond acceptors (Lipinski definition) is 4. The molecule has 4 rings (SSSR count). The van der Waals surface area contributed by atoms with Crippen molar-refractivity contribution in [2.24, 2.45) is 0 Å². The van der Waals surface area contributed by atoms with E-state index in [1.807, 2.05) is 29.2 Å². The number of aromatic nitrogens is 2. The number of piperazine rings is 1. The first-order valence-corrected chi connectivity index (χ1v) is 9.07. The summed E-state index contributed by atoms with van der Waals surface area (Å²) in [5.74, 6) is -0.0623. The van der Waals surface area contributed by atoms with Gasteiger partial charge < -0.3 is 9.80 Å². The van der Waals surface area contributed by atoms with E-state index in [0.29, 0.717) is 28.8 Å². The fourth-order valence-corrected chi connectivity index (χ4v) is 3.47. The van der Waals surface area contributed by atoms with Crippen molar-refractivity contribution in [1.82, 2.24) is 14.9 Å². The maximum absolute atomic E-state index is 12.6. The maximum atomic E-state index is 12.6. The van der Waals surface area contributed by atoms with Gasteiger partial charge in [0.25, 0.3) is 5.91 Å². The average Bonchev–Trinajstić information content (AvgIpc) is 2.67. The van der Waals surface area contributed by atoms with Crippen LogP contribution in [0.15, 0.2) is 48.8 Å². The number of amides is 1. The lowest BCUT2D eigenvalue weighted by Gasteiger charge is -2.36. The Balaban J connectivity index is 1.50. The minimum Gasteiger partial charge on any atom is -0.367 e. The van der Waals surface area contributed by atoms with Gasteiger partial charge in [0.2, 0.25) is 0 Å². The van der Waals surface area contributed by atoms with Crippen LogP contribution in [-0.4, -0.2) is 47.0 Å². The number of pyridine rings is 2. The molecule has 1 aromatic carbocycles. The van der Waals surface area contributed by atoms with Crippen LogP contribution in [0.25, 0.3) is 10.9 Å². The van der Waals surface area contributed by atoms with E-state index in [4.69, 9.17) is 23.2 Å². The molecule has 1 fully saturated rings. The zero-order chi connectivity index (χ0) is 18.1. The normalized spacial score (nSPS) is 14.7. The van der Waals surface area contributed by atoms with Crippen molar-refractivity contribution >= 4 is 45.7 Å². The summed E-state index contributed by atoms with van der Waals surface area (Å²) >= 11 is 11.9. The summed E-state index contributed by atoms with van der Waals surface area (Å²) in [6.45, 7) is 2.78. The Morgan fingerprint density at radius 3 is 2.42 bits per heavy atom. The number of halogens is 2. The van der Waals surface area contributed by atoms with Crippen molar-refractivity contribution in [3.63, 3.8) is 0 Å². The molecule has 0 aliphatic carbocycles. The molecule has 0 N–H and O–H groups in total. The zero-order valence-electron chi connectivity index (χ0n) is 13.9. The lowest BCUT2D eigenvalue weighted by atomic mass is 10.1. The minimum absolute atomic E-state index is 0.0623. The Morgan fingerprint density at radius 2 is 1.69 bits per heavy atom. The lowest BCUT2D eigenvalue weighted by Crippen LogP contribution is -2.49. The van der Waals surface area contributed by atoms with Gasteiger partial charge in [-0.25, -0.2) is 4.98 Å². The van der Waals surface area contributed by atoms with Crippen molar-refractivity contribution < 1.29 is 4.79 Å². The Kier molecular flexibility index (Phi) is 4.66. The summed E-state index contributed by atoms with van der Waals surface area (Å²) < 4.78 is 0. The number of carbonyl (C=O) groups excluding carboxylic acids is 1. The highest BCUT2D eigenvalue weighted by Crippen LogP contribution is 2.28. The van der Waals surface area contributed by atoms with E-state index in [0.717, 1.165) is 29.7 Å². The molecule has 5 nitrogen and oxygen atoms in total. The minimum atomic E-state index is -0.0623. The van der Waals surface area contributed by atoms with Gasteiger partial charge in [-0.2, -0.15) is 0 Å². The molecular weight excluding hydrogens is 371 g/mol. The van der Waals surface area contributed by atoms with Crippen LogP contribution in [0, 0.1) is 0 Å². The largest absolute Gasteiger partial charge is 0.367 e. The van der Waals surface area contributed by atoms with Gasteiger partial charge in [0.15, 0.2) is 0 Å². The van der Waals surface area contributed by atoms with E-state index >= 15 is 0 Å². The highest BCUT2D eigenvalue weighted by atomic mass is 35.5. The molecule has 0 spiro atoms. The van der Waals surface area contributed by atoms with Gasteiger partial charge in [-0.15, -0.1) is 0 Å². The number of fused-ring (bicyclic) bond motifs is 1. The second-order valence-electron chi connectivity index (χ2n) is 6.13. The molecule has 1 amide bonds. The summed E-state index contributed by atoms with van der Waals surface area (Å²) in [7, 11) is 0. The second-order valence-corrected chi connectivity index (χ2v) is 7.01. The maximum Gasteiger partial charge on any atom is 0.272 e. The average molecular weight is 387 g/mol. The van der Waals surface area contributed by atoms with Crippen LogP contribution in [0.1, 0.15) is 10.5 Å². The molecule has 0 radical (unpaired) electrons. The van der Waals surface area contributed by atoms with Gasteiger partial charge >= 0.3 is 0 Å². The van der Waals surface area contributed by atoms with E-state index in [-0.39, 0.29) is 5.91 Å². The molecule has 3 heterocycles. The molecule has 26 heavy (non-hydrogen) atoms. The molecule has 2 aromatic heterocycles. The van der Waals surface area contributed by atoms with Crippen LogP contribution in [-0.2, 0) is 0 Å². The fraction of sp³-hybridized carbons (Fsp3) is 0.211. The van der Waals surface area contributed by atoms with Gasteiger partial charge in [-0.3, -0.25) is 9.78 Å². The zero-order valence-corrected chi connectivity index (χ0v) is 15.4. The summed E-state index contributed by atoms with van der Waals surface area (Å²) in [6.07, 6.45) is 3.29. The van der Waals surface area contributed by atoms with Crippen molar-refractivity contribution in [2.75, 3.05) is 31.1 Å². The van der Waals surface area contributed by atoms with E-state index in [9.17, 15) is 4.79 Å². The number of anilines is 1. The van der Waals surface area contributed by atoms with Crippen LogP contribution < -0.4 is 4.90 Å². The van der Waals surface area contributed by atoms with Gasteiger partial charge in [0, 0.05) is 54.7 Å². The third-order valence-corrected chi connectivity index (χ3v) is 4.99. The molecule has 1 aliphatic rings. The van der Waals surface area contributed by atoms with Crippen LogP contribution >= 0.6 is 23.2 Å². The SMILES string of the molecule is O=C(c1ccc(Cl)cn1)N1CCN(c2ccnc3cc(Cl)ccc23)CC1. The number of hydrogen-bond donors (Lipinski definition) is 0. The molecule has 0 atom stereocenters.